The molecule has 0 aliphatic heterocycles. The predicted octanol–water partition coefficient (Wildman–Crippen LogP) is 6.66. The molecule has 0 saturated carbocycles. The van der Waals surface area contributed by atoms with Gasteiger partial charge in [0.05, 0.1) is 19.8 Å². The van der Waals surface area contributed by atoms with Crippen molar-refractivity contribution in [1.29, 1.82) is 0 Å². The molecule has 0 bridgehead atoms. The number of halogens is 1. The van der Waals surface area contributed by atoms with Crippen LogP contribution < -0.4 is 10.5 Å². The molecular weight excluding hydrogens is 469 g/mol. The van der Waals surface area contributed by atoms with Crippen molar-refractivity contribution in [2.24, 2.45) is 5.73 Å². The number of esters is 1. The largest absolute Gasteiger partial charge is 0.489 e. The zero-order valence-corrected chi connectivity index (χ0v) is 20.4. The van der Waals surface area contributed by atoms with Crippen LogP contribution in [0.15, 0.2) is 95.6 Å². The molecule has 1 heterocycles. The van der Waals surface area contributed by atoms with E-state index in [1.54, 1.807) is 18.4 Å². The fraction of sp³-hybridized carbons (Fsp3) is 0.129. The number of carbonyl (C=O) groups excluding carboxylic acids is 1. The van der Waals surface area contributed by atoms with Crippen LogP contribution in [-0.4, -0.2) is 13.1 Å². The highest BCUT2D eigenvalue weighted by atomic mass is 19.1. The van der Waals surface area contributed by atoms with E-state index in [1.165, 1.54) is 19.2 Å². The third-order valence-electron chi connectivity index (χ3n) is 6.29. The third kappa shape index (κ3) is 5.39. The van der Waals surface area contributed by atoms with E-state index >= 15 is 0 Å². The molecule has 0 atom stereocenters. The number of hydrogen-bond donors (Lipinski definition) is 1. The van der Waals surface area contributed by atoms with E-state index in [4.69, 9.17) is 19.6 Å². The summed E-state index contributed by atoms with van der Waals surface area (Å²) in [7, 11) is 1.36. The predicted molar refractivity (Wildman–Crippen MR) is 141 cm³/mol. The Bertz CT molecular complexity index is 1560. The van der Waals surface area contributed by atoms with Crippen molar-refractivity contribution in [3.05, 3.63) is 114 Å². The molecule has 0 unspecified atom stereocenters. The summed E-state index contributed by atoms with van der Waals surface area (Å²) in [4.78, 5) is 12.0. The van der Waals surface area contributed by atoms with E-state index in [0.717, 1.165) is 44.3 Å². The minimum absolute atomic E-state index is 0.0768. The van der Waals surface area contributed by atoms with Gasteiger partial charge in [0.2, 0.25) is 0 Å². The molecule has 0 amide bonds. The van der Waals surface area contributed by atoms with Crippen LogP contribution in [0.4, 0.5) is 4.39 Å². The van der Waals surface area contributed by atoms with Crippen molar-refractivity contribution in [2.45, 2.75) is 19.6 Å². The molecule has 0 aliphatic carbocycles. The molecule has 186 valence electrons. The summed E-state index contributed by atoms with van der Waals surface area (Å²) in [5.41, 5.74) is 13.0. The number of furan rings is 1. The van der Waals surface area contributed by atoms with Gasteiger partial charge in [0, 0.05) is 23.1 Å². The molecule has 5 rings (SSSR count). The lowest BCUT2D eigenvalue weighted by atomic mass is 9.99. The topological polar surface area (TPSA) is 74.7 Å². The zero-order valence-electron chi connectivity index (χ0n) is 20.4. The number of nitrogens with two attached hydrogens (primary N) is 1. The van der Waals surface area contributed by atoms with Gasteiger partial charge in [-0.2, -0.15) is 0 Å². The minimum atomic E-state index is -0.360. The molecule has 5 nitrogen and oxygen atoms in total. The first-order valence-electron chi connectivity index (χ1n) is 11.9. The van der Waals surface area contributed by atoms with Crippen molar-refractivity contribution < 1.29 is 23.1 Å². The number of fused-ring (bicyclic) bond motifs is 1. The summed E-state index contributed by atoms with van der Waals surface area (Å²) in [6, 6.07) is 25.9. The fourth-order valence-corrected chi connectivity index (χ4v) is 4.35. The molecule has 0 aliphatic rings. The molecule has 0 saturated heterocycles. The van der Waals surface area contributed by atoms with Gasteiger partial charge in [-0.1, -0.05) is 42.5 Å². The van der Waals surface area contributed by atoms with Crippen LogP contribution in [0.2, 0.25) is 0 Å². The highest BCUT2D eigenvalue weighted by Crippen LogP contribution is 2.33. The van der Waals surface area contributed by atoms with E-state index in [9.17, 15) is 9.18 Å². The third-order valence-corrected chi connectivity index (χ3v) is 6.29. The molecule has 0 radical (unpaired) electrons. The second-order valence-electron chi connectivity index (χ2n) is 8.76. The van der Waals surface area contributed by atoms with E-state index in [-0.39, 0.29) is 24.8 Å². The molecule has 1 aromatic heterocycles. The van der Waals surface area contributed by atoms with Gasteiger partial charge in [-0.05, 0) is 70.3 Å². The second kappa shape index (κ2) is 10.7. The zero-order chi connectivity index (χ0) is 25.8. The monoisotopic (exact) mass is 495 g/mol. The van der Waals surface area contributed by atoms with Crippen molar-refractivity contribution in [2.75, 3.05) is 7.11 Å². The molecule has 4 aromatic carbocycles. The average molecular weight is 496 g/mol. The van der Waals surface area contributed by atoms with Gasteiger partial charge >= 0.3 is 5.97 Å². The normalized spacial score (nSPS) is 11.0. The molecule has 0 fully saturated rings. The Hall–Kier alpha value is -4.42. The maximum absolute atomic E-state index is 13.4. The Morgan fingerprint density at radius 3 is 2.49 bits per heavy atom. The van der Waals surface area contributed by atoms with Crippen LogP contribution in [0.25, 0.3) is 33.2 Å². The Kier molecular flexibility index (Phi) is 7.01. The van der Waals surface area contributed by atoms with E-state index in [1.807, 2.05) is 54.6 Å². The number of carbonyl (C=O) groups is 1. The lowest BCUT2D eigenvalue weighted by Gasteiger charge is -2.14. The van der Waals surface area contributed by atoms with Crippen molar-refractivity contribution in [3.63, 3.8) is 0 Å². The Morgan fingerprint density at radius 2 is 1.70 bits per heavy atom. The summed E-state index contributed by atoms with van der Waals surface area (Å²) in [6.45, 7) is 0.719. The SMILES string of the molecule is COC(=O)Cc1ccc(-c2ccc(F)cc2)cc1OCc1cc(-c2cccc(CN)c2)c2occc2c1. The van der Waals surface area contributed by atoms with Crippen molar-refractivity contribution >= 4 is 16.9 Å². The lowest BCUT2D eigenvalue weighted by molar-refractivity contribution is -0.139. The molecule has 6 heteroatoms. The average Bonchev–Trinajstić information content (AvgIpc) is 3.41. The molecule has 0 spiro atoms. The van der Waals surface area contributed by atoms with Gasteiger partial charge in [-0.3, -0.25) is 4.79 Å². The smallest absolute Gasteiger partial charge is 0.310 e. The maximum atomic E-state index is 13.4. The van der Waals surface area contributed by atoms with Gasteiger partial charge in [0.1, 0.15) is 23.8 Å². The van der Waals surface area contributed by atoms with Crippen LogP contribution in [0, 0.1) is 5.82 Å². The summed E-state index contributed by atoms with van der Waals surface area (Å²) >= 11 is 0. The van der Waals surface area contributed by atoms with Crippen molar-refractivity contribution in [1.82, 2.24) is 0 Å². The van der Waals surface area contributed by atoms with Gasteiger partial charge in [0.25, 0.3) is 0 Å². The molecule has 37 heavy (non-hydrogen) atoms. The Labute approximate surface area is 214 Å². The van der Waals surface area contributed by atoms with Crippen LogP contribution in [0.3, 0.4) is 0 Å². The van der Waals surface area contributed by atoms with Gasteiger partial charge in [-0.15, -0.1) is 0 Å². The number of methoxy groups -OCH3 is 1. The minimum Gasteiger partial charge on any atom is -0.489 e. The quantitative estimate of drug-likeness (QED) is 0.244. The van der Waals surface area contributed by atoms with Gasteiger partial charge in [0.15, 0.2) is 0 Å². The summed E-state index contributed by atoms with van der Waals surface area (Å²) in [5, 5.41) is 0.962. The Morgan fingerprint density at radius 1 is 0.892 bits per heavy atom. The standard InChI is InChI=1S/C31H26FNO4/c1-35-30(34)17-25-6-5-23(22-7-9-27(32)10-8-22)16-29(25)37-19-21-14-26-11-12-36-31(26)28(15-21)24-4-2-3-20(13-24)18-33/h2-16H,17-19,33H2,1H3. The fourth-order valence-electron chi connectivity index (χ4n) is 4.35. The number of ether oxygens (including phenoxy) is 2. The lowest BCUT2D eigenvalue weighted by Crippen LogP contribution is -2.07. The van der Waals surface area contributed by atoms with Gasteiger partial charge in [-0.25, -0.2) is 4.39 Å². The highest BCUT2D eigenvalue weighted by molar-refractivity contribution is 5.93. The summed E-state index contributed by atoms with van der Waals surface area (Å²) < 4.78 is 30.4. The Balaban J connectivity index is 1.49. The van der Waals surface area contributed by atoms with Crippen molar-refractivity contribution in [3.8, 4) is 28.0 Å². The first-order valence-corrected chi connectivity index (χ1v) is 11.9. The van der Waals surface area contributed by atoms with E-state index in [0.29, 0.717) is 17.9 Å². The van der Waals surface area contributed by atoms with E-state index in [2.05, 4.69) is 6.07 Å². The number of benzene rings is 4. The van der Waals surface area contributed by atoms with Gasteiger partial charge < -0.3 is 19.6 Å². The molecular formula is C31H26FNO4. The van der Waals surface area contributed by atoms with Crippen LogP contribution in [0.5, 0.6) is 5.75 Å². The van der Waals surface area contributed by atoms with E-state index < -0.39 is 0 Å². The maximum Gasteiger partial charge on any atom is 0.310 e. The first-order chi connectivity index (χ1) is 18.0. The molecule has 2 N–H and O–H groups in total. The highest BCUT2D eigenvalue weighted by Gasteiger charge is 2.14. The van der Waals surface area contributed by atoms with Crippen LogP contribution in [-0.2, 0) is 29.1 Å². The first kappa shape index (κ1) is 24.3. The van der Waals surface area contributed by atoms with Crippen LogP contribution in [0.1, 0.15) is 16.7 Å². The molecule has 5 aromatic rings. The van der Waals surface area contributed by atoms with Crippen LogP contribution >= 0.6 is 0 Å². The summed E-state index contributed by atoms with van der Waals surface area (Å²) in [6.07, 6.45) is 1.75. The summed E-state index contributed by atoms with van der Waals surface area (Å²) in [5.74, 6) is -0.0996. The number of rotatable bonds is 8. The number of hydrogen-bond acceptors (Lipinski definition) is 5. The second-order valence-corrected chi connectivity index (χ2v) is 8.76.